The molecule has 8 nitrogen and oxygen atoms in total. The number of carboxylic acid groups (broad SMARTS) is 1. The lowest BCUT2D eigenvalue weighted by molar-refractivity contribution is -0.174. The summed E-state index contributed by atoms with van der Waals surface area (Å²) >= 11 is 0. The van der Waals surface area contributed by atoms with E-state index in [0.717, 1.165) is 37.7 Å². The third kappa shape index (κ3) is 6.22. The summed E-state index contributed by atoms with van der Waals surface area (Å²) in [5.74, 6) is -2.28. The topological polar surface area (TPSA) is 130 Å². The third-order valence-corrected chi connectivity index (χ3v) is 13.6. The molecule has 9 unspecified atom stereocenters. The summed E-state index contributed by atoms with van der Waals surface area (Å²) in [5, 5.41) is 32.8. The fourth-order valence-electron chi connectivity index (χ4n) is 10.7. The van der Waals surface area contributed by atoms with Gasteiger partial charge in [0.1, 0.15) is 6.10 Å². The molecule has 0 aromatic heterocycles. The quantitative estimate of drug-likeness (QED) is 0.162. The first-order valence-electron chi connectivity index (χ1n) is 17.4. The minimum atomic E-state index is -1.54. The first-order valence-corrected chi connectivity index (χ1v) is 17.4. The van der Waals surface area contributed by atoms with E-state index >= 15 is 0 Å². The summed E-state index contributed by atoms with van der Waals surface area (Å²) in [6.07, 6.45) is 5.30. The van der Waals surface area contributed by atoms with Crippen LogP contribution in [0, 0.1) is 45.3 Å². The Morgan fingerprint density at radius 2 is 1.63 bits per heavy atom. The van der Waals surface area contributed by atoms with Gasteiger partial charge in [0, 0.05) is 11.3 Å². The summed E-state index contributed by atoms with van der Waals surface area (Å²) in [7, 11) is 1.25. The number of ether oxygens (including phenoxy) is 2. The predicted molar refractivity (Wildman–Crippen MR) is 177 cm³/mol. The fraction of sp³-hybridized carbons (Fsp3) is 0.816. The third-order valence-electron chi connectivity index (χ3n) is 13.6. The van der Waals surface area contributed by atoms with Crippen molar-refractivity contribution < 1.29 is 39.2 Å². The van der Waals surface area contributed by atoms with Gasteiger partial charge in [0.15, 0.2) is 0 Å². The van der Waals surface area contributed by atoms with Gasteiger partial charge in [-0.3, -0.25) is 14.4 Å². The van der Waals surface area contributed by atoms with E-state index < -0.39 is 35.5 Å². The second-order valence-corrected chi connectivity index (χ2v) is 17.1. The number of fused-ring (bicyclic) bond motifs is 4. The Bertz CT molecular complexity index is 1260. The highest BCUT2D eigenvalue weighted by molar-refractivity contribution is 5.75. The fourth-order valence-corrected chi connectivity index (χ4v) is 10.7. The van der Waals surface area contributed by atoms with Crippen molar-refractivity contribution in [3.63, 3.8) is 0 Å². The Morgan fingerprint density at radius 1 is 1.00 bits per heavy atom. The number of methoxy groups -OCH3 is 1. The van der Waals surface area contributed by atoms with Gasteiger partial charge >= 0.3 is 17.9 Å². The number of carbonyl (C=O) groups is 3. The Labute approximate surface area is 276 Å². The number of rotatable bonds is 11. The maximum atomic E-state index is 13.0. The van der Waals surface area contributed by atoms with Crippen LogP contribution in [-0.2, 0) is 23.9 Å². The van der Waals surface area contributed by atoms with Crippen molar-refractivity contribution in [3.8, 4) is 0 Å². The number of allylic oxidation sites excluding steroid dienone is 3. The summed E-state index contributed by atoms with van der Waals surface area (Å²) in [6.45, 7) is 21.1. The lowest BCUT2D eigenvalue weighted by Crippen LogP contribution is -2.56. The van der Waals surface area contributed by atoms with E-state index in [-0.39, 0.29) is 52.4 Å². The number of carboxylic acids is 1. The van der Waals surface area contributed by atoms with Gasteiger partial charge in [-0.05, 0) is 92.8 Å². The number of hydrogen-bond acceptors (Lipinski definition) is 7. The molecule has 0 heterocycles. The molecule has 0 radical (unpaired) electrons. The van der Waals surface area contributed by atoms with Gasteiger partial charge in [-0.2, -0.15) is 0 Å². The molecule has 2 saturated carbocycles. The number of aliphatic hydroxyl groups is 2. The molecule has 0 saturated heterocycles. The highest BCUT2D eigenvalue weighted by atomic mass is 16.5. The summed E-state index contributed by atoms with van der Waals surface area (Å²) in [4.78, 5) is 37.5. The SMILES string of the molecule is C=C(CCC(C(=O)O)C1C(O)CC2(C)C3=C(CCC12C)C1(C)CCC(OC(=O)CC(C)(O)CC(=O)OC)C(C)(C)C1CC3)C(C)C. The van der Waals surface area contributed by atoms with Gasteiger partial charge in [0.05, 0.1) is 37.6 Å². The molecule has 9 atom stereocenters. The van der Waals surface area contributed by atoms with E-state index in [2.05, 4.69) is 59.8 Å². The van der Waals surface area contributed by atoms with Crippen LogP contribution < -0.4 is 0 Å². The van der Waals surface area contributed by atoms with Crippen LogP contribution in [0.3, 0.4) is 0 Å². The Morgan fingerprint density at radius 3 is 2.22 bits per heavy atom. The van der Waals surface area contributed by atoms with E-state index in [0.29, 0.717) is 31.6 Å². The zero-order valence-corrected chi connectivity index (χ0v) is 29.8. The van der Waals surface area contributed by atoms with Gasteiger partial charge in [0.25, 0.3) is 0 Å². The molecule has 0 aromatic rings. The van der Waals surface area contributed by atoms with E-state index in [1.54, 1.807) is 0 Å². The van der Waals surface area contributed by atoms with Crippen molar-refractivity contribution in [2.75, 3.05) is 7.11 Å². The van der Waals surface area contributed by atoms with Crippen molar-refractivity contribution in [2.45, 2.75) is 144 Å². The average molecular weight is 645 g/mol. The number of aliphatic carboxylic acids is 1. The largest absolute Gasteiger partial charge is 0.481 e. The molecule has 0 spiro atoms. The smallest absolute Gasteiger partial charge is 0.309 e. The molecule has 4 aliphatic carbocycles. The lowest BCUT2D eigenvalue weighted by atomic mass is 9.43. The van der Waals surface area contributed by atoms with Crippen LogP contribution in [0.4, 0.5) is 0 Å². The lowest BCUT2D eigenvalue weighted by Gasteiger charge is -2.62. The van der Waals surface area contributed by atoms with Crippen LogP contribution in [0.2, 0.25) is 0 Å². The van der Waals surface area contributed by atoms with E-state index in [9.17, 15) is 29.7 Å². The van der Waals surface area contributed by atoms with E-state index in [4.69, 9.17) is 4.74 Å². The minimum Gasteiger partial charge on any atom is -0.481 e. The zero-order chi connectivity index (χ0) is 34.6. The Balaban J connectivity index is 1.58. The molecular formula is C38H60O8. The first kappa shape index (κ1) is 36.6. The highest BCUT2D eigenvalue weighted by Crippen LogP contribution is 2.72. The van der Waals surface area contributed by atoms with Crippen LogP contribution in [0.1, 0.15) is 126 Å². The number of esters is 2. The van der Waals surface area contributed by atoms with Crippen LogP contribution >= 0.6 is 0 Å². The molecule has 2 fully saturated rings. The molecule has 8 heteroatoms. The van der Waals surface area contributed by atoms with Crippen molar-refractivity contribution in [1.82, 2.24) is 0 Å². The number of aliphatic hydroxyl groups excluding tert-OH is 1. The van der Waals surface area contributed by atoms with Crippen molar-refractivity contribution in [1.29, 1.82) is 0 Å². The molecule has 4 aliphatic rings. The Kier molecular flexibility index (Phi) is 10.1. The molecule has 4 rings (SSSR count). The van der Waals surface area contributed by atoms with E-state index in [1.807, 2.05) is 0 Å². The molecule has 46 heavy (non-hydrogen) atoms. The standard InChI is InChI=1S/C38H60O8/c1-22(2)23(3)11-12-24(33(42)43)32-27(39)19-38(9)26-13-14-28-34(4,5)29(46-31(41)21-35(6,44)20-30(40)45-10)16-17-36(28,7)25(26)15-18-37(32,38)8/h22,24,27-29,32,39,44H,3,11-21H2,1-2,4-10H3,(H,42,43). The van der Waals surface area contributed by atoms with Crippen LogP contribution in [-0.4, -0.2) is 58.1 Å². The second-order valence-electron chi connectivity index (χ2n) is 17.1. The van der Waals surface area contributed by atoms with Gasteiger partial charge in [-0.15, -0.1) is 0 Å². The molecular weight excluding hydrogens is 584 g/mol. The molecule has 3 N–H and O–H groups in total. The molecule has 260 valence electrons. The molecule has 0 bridgehead atoms. The van der Waals surface area contributed by atoms with Crippen LogP contribution in [0.15, 0.2) is 23.3 Å². The summed E-state index contributed by atoms with van der Waals surface area (Å²) in [5.41, 5.74) is 1.39. The van der Waals surface area contributed by atoms with Gasteiger partial charge < -0.3 is 24.8 Å². The van der Waals surface area contributed by atoms with Crippen LogP contribution in [0.25, 0.3) is 0 Å². The maximum absolute atomic E-state index is 13.0. The first-order chi connectivity index (χ1) is 21.1. The maximum Gasteiger partial charge on any atom is 0.309 e. The van der Waals surface area contributed by atoms with Gasteiger partial charge in [0.2, 0.25) is 0 Å². The molecule has 0 aliphatic heterocycles. The van der Waals surface area contributed by atoms with Gasteiger partial charge in [-0.1, -0.05) is 71.8 Å². The average Bonchev–Trinajstić information content (AvgIpc) is 3.14. The zero-order valence-electron chi connectivity index (χ0n) is 29.8. The van der Waals surface area contributed by atoms with Crippen molar-refractivity contribution in [3.05, 3.63) is 23.3 Å². The van der Waals surface area contributed by atoms with Crippen LogP contribution in [0.5, 0.6) is 0 Å². The molecule has 0 aromatic carbocycles. The van der Waals surface area contributed by atoms with Crippen molar-refractivity contribution >= 4 is 17.9 Å². The summed E-state index contributed by atoms with van der Waals surface area (Å²) in [6, 6.07) is 0. The highest BCUT2D eigenvalue weighted by Gasteiger charge is 2.67. The number of carbonyl (C=O) groups excluding carboxylic acids is 2. The van der Waals surface area contributed by atoms with Gasteiger partial charge in [-0.25, -0.2) is 0 Å². The molecule has 0 amide bonds. The number of hydrogen-bond donors (Lipinski definition) is 3. The monoisotopic (exact) mass is 644 g/mol. The second kappa shape index (κ2) is 12.7. The summed E-state index contributed by atoms with van der Waals surface area (Å²) < 4.78 is 10.7. The normalized spacial score (nSPS) is 37.0. The van der Waals surface area contributed by atoms with E-state index in [1.165, 1.54) is 25.2 Å². The van der Waals surface area contributed by atoms with Crippen molar-refractivity contribution in [2.24, 2.45) is 45.3 Å². The predicted octanol–water partition coefficient (Wildman–Crippen LogP) is 7.02. The Hall–Kier alpha value is -2.19. The minimum absolute atomic E-state index is 0.0923.